The minimum absolute atomic E-state index is 0.303. The maximum Gasteiger partial charge on any atom is 0.336 e. The molecule has 4 N–H and O–H groups in total. The highest BCUT2D eigenvalue weighted by Crippen LogP contribution is 2.27. The smallest absolute Gasteiger partial charge is 0.336 e. The molecule has 0 spiro atoms. The Morgan fingerprint density at radius 3 is 2.29 bits per heavy atom. The normalized spacial score (nSPS) is 15.0. The summed E-state index contributed by atoms with van der Waals surface area (Å²) < 4.78 is 18.8. The number of nitrogens with zero attached hydrogens (tertiary/aromatic N) is 3. The molecule has 1 aliphatic rings. The number of aliphatic carboxylic acids is 3. The second-order valence-corrected chi connectivity index (χ2v) is 8.96. The van der Waals surface area contributed by atoms with Gasteiger partial charge < -0.3 is 39.2 Å². The zero-order valence-electron chi connectivity index (χ0n) is 21.7. The van der Waals surface area contributed by atoms with E-state index in [0.717, 1.165) is 56.1 Å². The summed E-state index contributed by atoms with van der Waals surface area (Å²) in [6, 6.07) is 5.99. The van der Waals surface area contributed by atoms with Gasteiger partial charge >= 0.3 is 17.9 Å². The Morgan fingerprint density at radius 2 is 1.82 bits per heavy atom. The lowest BCUT2D eigenvalue weighted by Gasteiger charge is -2.26. The van der Waals surface area contributed by atoms with Gasteiger partial charge in [0, 0.05) is 51.1 Å². The number of imidazole rings is 1. The first kappa shape index (κ1) is 30.5. The van der Waals surface area contributed by atoms with Crippen LogP contribution in [0.4, 0.5) is 0 Å². The van der Waals surface area contributed by atoms with Crippen LogP contribution in [0.5, 0.6) is 11.5 Å². The summed E-state index contributed by atoms with van der Waals surface area (Å²) in [7, 11) is 5.39. The van der Waals surface area contributed by atoms with Crippen LogP contribution in [0.1, 0.15) is 36.9 Å². The number of rotatable bonds is 13. The van der Waals surface area contributed by atoms with E-state index in [1.165, 1.54) is 5.69 Å². The van der Waals surface area contributed by atoms with Crippen molar-refractivity contribution in [2.24, 2.45) is 7.05 Å². The maximum absolute atomic E-state index is 10.3. The fourth-order valence-corrected chi connectivity index (χ4v) is 3.96. The molecule has 2 heterocycles. The Morgan fingerprint density at radius 1 is 1.13 bits per heavy atom. The zero-order chi connectivity index (χ0) is 28.3. The number of carbonyl (C=O) groups is 3. The monoisotopic (exact) mass is 537 g/mol. The molecule has 210 valence electrons. The van der Waals surface area contributed by atoms with Gasteiger partial charge in [0.25, 0.3) is 0 Å². The van der Waals surface area contributed by atoms with Crippen LogP contribution in [0, 0.1) is 0 Å². The molecule has 1 saturated heterocycles. The molecule has 1 aliphatic heterocycles. The number of benzene rings is 1. The summed E-state index contributed by atoms with van der Waals surface area (Å²) in [5, 5.41) is 33.8. The maximum atomic E-state index is 10.3. The van der Waals surface area contributed by atoms with Gasteiger partial charge in [0.05, 0.1) is 45.2 Å². The average molecular weight is 538 g/mol. The van der Waals surface area contributed by atoms with Crippen LogP contribution in [-0.2, 0) is 39.3 Å². The Labute approximate surface area is 220 Å². The molecule has 0 bridgehead atoms. The van der Waals surface area contributed by atoms with Crippen LogP contribution in [-0.4, -0.2) is 91.9 Å². The van der Waals surface area contributed by atoms with E-state index in [1.807, 2.05) is 31.7 Å². The van der Waals surface area contributed by atoms with E-state index in [-0.39, 0.29) is 0 Å². The molecule has 0 saturated carbocycles. The van der Waals surface area contributed by atoms with E-state index in [0.29, 0.717) is 6.10 Å². The van der Waals surface area contributed by atoms with Crippen molar-refractivity contribution in [3.63, 3.8) is 0 Å². The second kappa shape index (κ2) is 14.3. The van der Waals surface area contributed by atoms with E-state index in [1.54, 1.807) is 14.2 Å². The van der Waals surface area contributed by atoms with Crippen LogP contribution in [0.3, 0.4) is 0 Å². The largest absolute Gasteiger partial charge is 0.497 e. The first-order valence-electron chi connectivity index (χ1n) is 11.9. The third-order valence-corrected chi connectivity index (χ3v) is 5.96. The van der Waals surface area contributed by atoms with Crippen molar-refractivity contribution in [2.45, 2.75) is 50.5 Å². The molecule has 0 amide bonds. The molecule has 1 fully saturated rings. The molecule has 2 aromatic rings. The van der Waals surface area contributed by atoms with E-state index in [2.05, 4.69) is 20.5 Å². The van der Waals surface area contributed by atoms with Gasteiger partial charge in [-0.15, -0.1) is 0 Å². The van der Waals surface area contributed by atoms with Crippen molar-refractivity contribution in [1.29, 1.82) is 0 Å². The molecule has 13 heteroatoms. The number of hydrogen-bond acceptors (Lipinski definition) is 9. The Balaban J connectivity index is 0.000000332. The van der Waals surface area contributed by atoms with Crippen molar-refractivity contribution >= 4 is 17.9 Å². The van der Waals surface area contributed by atoms with Gasteiger partial charge in [0.15, 0.2) is 5.60 Å². The van der Waals surface area contributed by atoms with Gasteiger partial charge in [-0.1, -0.05) is 6.07 Å². The highest BCUT2D eigenvalue weighted by Gasteiger charge is 2.40. The van der Waals surface area contributed by atoms with Crippen molar-refractivity contribution in [3.8, 4) is 11.5 Å². The van der Waals surface area contributed by atoms with E-state index in [4.69, 9.17) is 34.6 Å². The third kappa shape index (κ3) is 9.32. The van der Waals surface area contributed by atoms with Crippen LogP contribution < -0.4 is 9.47 Å². The van der Waals surface area contributed by atoms with Gasteiger partial charge in [0.2, 0.25) is 0 Å². The second-order valence-electron chi connectivity index (χ2n) is 8.96. The molecular formula is C25H35N3O10. The Kier molecular flexibility index (Phi) is 11.5. The number of methoxy groups -OCH3 is 2. The number of carboxylic acid groups (broad SMARTS) is 3. The van der Waals surface area contributed by atoms with Gasteiger partial charge in [0.1, 0.15) is 11.5 Å². The van der Waals surface area contributed by atoms with Gasteiger partial charge in [-0.25, -0.2) is 9.78 Å². The molecule has 38 heavy (non-hydrogen) atoms. The zero-order valence-corrected chi connectivity index (χ0v) is 21.7. The highest BCUT2D eigenvalue weighted by atomic mass is 16.5. The Hall–Kier alpha value is -3.68. The standard InChI is InChI=1S/C19H27N3O3.C6H8O7/c1-21-14-20-10-16(21)12-22(13-18-5-4-8-25-18)11-15-6-7-17(23-2)9-19(15)24-3;7-3(8)1-6(13,5(11)12)2-4(9)10/h6-7,9-10,14,18H,4-5,8,11-13H2,1-3H3;13H,1-2H2,(H,7,8)(H,9,10)(H,11,12). The number of aromatic nitrogens is 2. The fourth-order valence-electron chi connectivity index (χ4n) is 3.96. The number of ether oxygens (including phenoxy) is 3. The SMILES string of the molecule is COc1ccc(CN(Cc2cncn2C)CC2CCCO2)c(OC)c1.O=C(O)CC(O)(CC(=O)O)C(=O)O. The minimum Gasteiger partial charge on any atom is -0.497 e. The molecule has 1 aromatic carbocycles. The topological polar surface area (TPSA) is 181 Å². The molecule has 13 nitrogen and oxygen atoms in total. The Bertz CT molecular complexity index is 1070. The summed E-state index contributed by atoms with van der Waals surface area (Å²) in [5.41, 5.74) is -0.411. The quantitative estimate of drug-likeness (QED) is 0.288. The fraction of sp³-hybridized carbons (Fsp3) is 0.520. The molecular weight excluding hydrogens is 502 g/mol. The van der Waals surface area contributed by atoms with Crippen molar-refractivity contribution in [3.05, 3.63) is 42.0 Å². The van der Waals surface area contributed by atoms with E-state index >= 15 is 0 Å². The van der Waals surface area contributed by atoms with Crippen LogP contribution in [0.15, 0.2) is 30.7 Å². The molecule has 0 radical (unpaired) electrons. The first-order valence-corrected chi connectivity index (χ1v) is 11.9. The van der Waals surface area contributed by atoms with Crippen molar-refractivity contribution in [2.75, 3.05) is 27.4 Å². The minimum atomic E-state index is -2.74. The number of carboxylic acids is 3. The summed E-state index contributed by atoms with van der Waals surface area (Å²) in [4.78, 5) is 37.1. The van der Waals surface area contributed by atoms with E-state index in [9.17, 15) is 14.4 Å². The molecule has 1 atom stereocenters. The highest BCUT2D eigenvalue weighted by molar-refractivity contribution is 5.88. The van der Waals surface area contributed by atoms with Crippen molar-refractivity contribution in [1.82, 2.24) is 14.5 Å². The molecule has 1 aromatic heterocycles. The van der Waals surface area contributed by atoms with Gasteiger partial charge in [-0.2, -0.15) is 0 Å². The predicted molar refractivity (Wildman–Crippen MR) is 133 cm³/mol. The molecule has 0 aliphatic carbocycles. The van der Waals surface area contributed by atoms with Gasteiger partial charge in [-0.3, -0.25) is 14.5 Å². The summed E-state index contributed by atoms with van der Waals surface area (Å²) >= 11 is 0. The lowest BCUT2D eigenvalue weighted by atomic mass is 9.96. The summed E-state index contributed by atoms with van der Waals surface area (Å²) in [6.45, 7) is 3.39. The predicted octanol–water partition coefficient (Wildman–Crippen LogP) is 1.37. The number of aliphatic hydroxyl groups is 1. The van der Waals surface area contributed by atoms with Crippen LogP contribution >= 0.6 is 0 Å². The summed E-state index contributed by atoms with van der Waals surface area (Å²) in [5.74, 6) is -3.37. The number of aryl methyl sites for hydroxylation is 1. The van der Waals surface area contributed by atoms with Crippen LogP contribution in [0.2, 0.25) is 0 Å². The summed E-state index contributed by atoms with van der Waals surface area (Å²) in [6.07, 6.45) is 4.06. The lowest BCUT2D eigenvalue weighted by molar-refractivity contribution is -0.170. The number of hydrogen-bond donors (Lipinski definition) is 4. The molecule has 1 unspecified atom stereocenters. The van der Waals surface area contributed by atoms with E-state index < -0.39 is 36.4 Å². The average Bonchev–Trinajstić information content (AvgIpc) is 3.50. The van der Waals surface area contributed by atoms with Crippen molar-refractivity contribution < 1.29 is 49.0 Å². The first-order chi connectivity index (χ1) is 18.0. The lowest BCUT2D eigenvalue weighted by Crippen LogP contribution is -2.42. The molecule has 3 rings (SSSR count). The van der Waals surface area contributed by atoms with Gasteiger partial charge in [-0.05, 0) is 18.9 Å². The van der Waals surface area contributed by atoms with Crippen LogP contribution in [0.25, 0.3) is 0 Å². The third-order valence-electron chi connectivity index (χ3n) is 5.96.